The van der Waals surface area contributed by atoms with E-state index in [0.717, 1.165) is 33.8 Å². The molecule has 4 heteroatoms. The fraction of sp³-hybridized carbons (Fsp3) is 0.417. The maximum absolute atomic E-state index is 9.33. The van der Waals surface area contributed by atoms with Crippen LogP contribution in [0.5, 0.6) is 0 Å². The number of aliphatic hydroxyl groups is 1. The Labute approximate surface area is 102 Å². The van der Waals surface area contributed by atoms with Crippen molar-refractivity contribution in [2.75, 3.05) is 0 Å². The van der Waals surface area contributed by atoms with E-state index < -0.39 is 0 Å². The zero-order valence-corrected chi connectivity index (χ0v) is 10.4. The SMILES string of the molecule is OCc1nc2cc(Br)ccc2n1CC1CC1. The molecular weight excluding hydrogens is 268 g/mol. The Balaban J connectivity index is 2.13. The second-order valence-electron chi connectivity index (χ2n) is 4.37. The van der Waals surface area contributed by atoms with E-state index in [1.807, 2.05) is 12.1 Å². The highest BCUT2D eigenvalue weighted by atomic mass is 79.9. The summed E-state index contributed by atoms with van der Waals surface area (Å²) in [7, 11) is 0. The van der Waals surface area contributed by atoms with Gasteiger partial charge in [-0.05, 0) is 37.0 Å². The molecule has 3 nitrogen and oxygen atoms in total. The number of fused-ring (bicyclic) bond motifs is 1. The molecule has 84 valence electrons. The molecule has 0 saturated heterocycles. The van der Waals surface area contributed by atoms with Gasteiger partial charge in [-0.15, -0.1) is 0 Å². The highest BCUT2D eigenvalue weighted by Crippen LogP contribution is 2.32. The van der Waals surface area contributed by atoms with E-state index in [0.29, 0.717) is 0 Å². The van der Waals surface area contributed by atoms with Crippen molar-refractivity contribution in [3.05, 3.63) is 28.5 Å². The minimum Gasteiger partial charge on any atom is -0.388 e. The van der Waals surface area contributed by atoms with Crippen LogP contribution >= 0.6 is 15.9 Å². The van der Waals surface area contributed by atoms with Crippen LogP contribution < -0.4 is 0 Å². The summed E-state index contributed by atoms with van der Waals surface area (Å²) in [6.45, 7) is 1.01. The van der Waals surface area contributed by atoms with Crippen molar-refractivity contribution >= 4 is 27.0 Å². The molecule has 1 aromatic heterocycles. The molecule has 0 unspecified atom stereocenters. The molecule has 1 aromatic carbocycles. The van der Waals surface area contributed by atoms with E-state index in [-0.39, 0.29) is 6.61 Å². The monoisotopic (exact) mass is 280 g/mol. The van der Waals surface area contributed by atoms with Crippen molar-refractivity contribution in [2.45, 2.75) is 26.0 Å². The number of hydrogen-bond acceptors (Lipinski definition) is 2. The Morgan fingerprint density at radius 3 is 2.94 bits per heavy atom. The number of rotatable bonds is 3. The normalized spacial score (nSPS) is 15.9. The molecule has 0 amide bonds. The van der Waals surface area contributed by atoms with Crippen LogP contribution in [0.3, 0.4) is 0 Å². The maximum atomic E-state index is 9.33. The summed E-state index contributed by atoms with van der Waals surface area (Å²) in [6, 6.07) is 6.08. The van der Waals surface area contributed by atoms with Gasteiger partial charge in [0.1, 0.15) is 12.4 Å². The number of nitrogens with zero attached hydrogens (tertiary/aromatic N) is 2. The average molecular weight is 281 g/mol. The number of hydrogen-bond donors (Lipinski definition) is 1. The topological polar surface area (TPSA) is 38.1 Å². The van der Waals surface area contributed by atoms with Crippen LogP contribution in [0.15, 0.2) is 22.7 Å². The number of aromatic nitrogens is 2. The molecule has 1 heterocycles. The summed E-state index contributed by atoms with van der Waals surface area (Å²) < 4.78 is 3.18. The van der Waals surface area contributed by atoms with Crippen molar-refractivity contribution in [3.8, 4) is 0 Å². The van der Waals surface area contributed by atoms with E-state index in [1.165, 1.54) is 12.8 Å². The fourth-order valence-electron chi connectivity index (χ4n) is 2.04. The van der Waals surface area contributed by atoms with Crippen molar-refractivity contribution in [2.24, 2.45) is 5.92 Å². The number of imidazole rings is 1. The smallest absolute Gasteiger partial charge is 0.135 e. The lowest BCUT2D eigenvalue weighted by atomic mass is 10.3. The molecule has 3 rings (SSSR count). The minimum atomic E-state index is 0.0129. The summed E-state index contributed by atoms with van der Waals surface area (Å²) in [6.07, 6.45) is 2.61. The molecule has 1 aliphatic rings. The summed E-state index contributed by atoms with van der Waals surface area (Å²) in [4.78, 5) is 4.46. The van der Waals surface area contributed by atoms with Crippen molar-refractivity contribution < 1.29 is 5.11 Å². The van der Waals surface area contributed by atoms with Crippen LogP contribution in [0.4, 0.5) is 0 Å². The van der Waals surface area contributed by atoms with Gasteiger partial charge in [0.15, 0.2) is 0 Å². The molecule has 0 spiro atoms. The Kier molecular flexibility index (Phi) is 2.48. The van der Waals surface area contributed by atoms with Crippen molar-refractivity contribution in [1.29, 1.82) is 0 Å². The van der Waals surface area contributed by atoms with Gasteiger partial charge in [0.05, 0.1) is 11.0 Å². The quantitative estimate of drug-likeness (QED) is 0.939. The Morgan fingerprint density at radius 1 is 1.44 bits per heavy atom. The van der Waals surface area contributed by atoms with Gasteiger partial charge in [0.2, 0.25) is 0 Å². The molecule has 1 fully saturated rings. The van der Waals surface area contributed by atoms with E-state index in [2.05, 4.69) is 31.5 Å². The highest BCUT2D eigenvalue weighted by molar-refractivity contribution is 9.10. The van der Waals surface area contributed by atoms with E-state index in [9.17, 15) is 5.11 Å². The lowest BCUT2D eigenvalue weighted by Crippen LogP contribution is -2.05. The Bertz CT molecular complexity index is 531. The second kappa shape index (κ2) is 3.86. The lowest BCUT2D eigenvalue weighted by Gasteiger charge is -2.06. The molecular formula is C12H13BrN2O. The first kappa shape index (κ1) is 10.3. The van der Waals surface area contributed by atoms with E-state index in [4.69, 9.17) is 0 Å². The minimum absolute atomic E-state index is 0.0129. The number of benzene rings is 1. The molecule has 1 aliphatic carbocycles. The Hall–Kier alpha value is -0.870. The summed E-state index contributed by atoms with van der Waals surface area (Å²) in [5, 5.41) is 9.33. The molecule has 16 heavy (non-hydrogen) atoms. The van der Waals surface area contributed by atoms with Crippen LogP contribution in [0, 0.1) is 5.92 Å². The molecule has 0 bridgehead atoms. The van der Waals surface area contributed by atoms with Gasteiger partial charge in [-0.1, -0.05) is 15.9 Å². The standard InChI is InChI=1S/C12H13BrN2O/c13-9-3-4-11-10(5-9)14-12(7-16)15(11)6-8-1-2-8/h3-5,8,16H,1-2,6-7H2. The third-order valence-corrected chi connectivity index (χ3v) is 3.56. The van der Waals surface area contributed by atoms with Crippen LogP contribution in [-0.2, 0) is 13.2 Å². The lowest BCUT2D eigenvalue weighted by molar-refractivity contribution is 0.265. The zero-order valence-electron chi connectivity index (χ0n) is 8.86. The summed E-state index contributed by atoms with van der Waals surface area (Å²) >= 11 is 3.44. The van der Waals surface area contributed by atoms with Crippen LogP contribution in [-0.4, -0.2) is 14.7 Å². The van der Waals surface area contributed by atoms with E-state index >= 15 is 0 Å². The fourth-order valence-corrected chi connectivity index (χ4v) is 2.38. The van der Waals surface area contributed by atoms with Crippen molar-refractivity contribution in [1.82, 2.24) is 9.55 Å². The molecule has 1 saturated carbocycles. The molecule has 0 radical (unpaired) electrons. The Morgan fingerprint density at radius 2 is 2.25 bits per heavy atom. The average Bonchev–Trinajstić information content (AvgIpc) is 3.01. The first-order valence-electron chi connectivity index (χ1n) is 5.53. The van der Waals surface area contributed by atoms with Gasteiger partial charge in [0.25, 0.3) is 0 Å². The zero-order chi connectivity index (χ0) is 11.1. The maximum Gasteiger partial charge on any atom is 0.135 e. The van der Waals surface area contributed by atoms with Gasteiger partial charge >= 0.3 is 0 Å². The summed E-state index contributed by atoms with van der Waals surface area (Å²) in [5.74, 6) is 1.56. The summed E-state index contributed by atoms with van der Waals surface area (Å²) in [5.41, 5.74) is 2.08. The third kappa shape index (κ3) is 1.76. The van der Waals surface area contributed by atoms with Gasteiger partial charge in [-0.25, -0.2) is 4.98 Å². The first-order valence-corrected chi connectivity index (χ1v) is 6.33. The van der Waals surface area contributed by atoms with Gasteiger partial charge in [0, 0.05) is 11.0 Å². The predicted octanol–water partition coefficient (Wildman–Crippen LogP) is 2.70. The molecule has 1 N–H and O–H groups in total. The number of aliphatic hydroxyl groups excluding tert-OH is 1. The van der Waals surface area contributed by atoms with Gasteiger partial charge in [-0.2, -0.15) is 0 Å². The molecule has 0 atom stereocenters. The number of halogens is 1. The van der Waals surface area contributed by atoms with Crippen LogP contribution in [0.25, 0.3) is 11.0 Å². The van der Waals surface area contributed by atoms with Gasteiger partial charge < -0.3 is 9.67 Å². The van der Waals surface area contributed by atoms with Gasteiger partial charge in [-0.3, -0.25) is 0 Å². The van der Waals surface area contributed by atoms with E-state index in [1.54, 1.807) is 0 Å². The largest absolute Gasteiger partial charge is 0.388 e. The van der Waals surface area contributed by atoms with Crippen LogP contribution in [0.2, 0.25) is 0 Å². The first-order chi connectivity index (χ1) is 7.78. The predicted molar refractivity (Wildman–Crippen MR) is 66.1 cm³/mol. The van der Waals surface area contributed by atoms with Crippen LogP contribution in [0.1, 0.15) is 18.7 Å². The third-order valence-electron chi connectivity index (χ3n) is 3.07. The highest BCUT2D eigenvalue weighted by Gasteiger charge is 2.24. The molecule has 0 aliphatic heterocycles. The second-order valence-corrected chi connectivity index (χ2v) is 5.29. The van der Waals surface area contributed by atoms with Crippen molar-refractivity contribution in [3.63, 3.8) is 0 Å². The molecule has 2 aromatic rings.